The van der Waals surface area contributed by atoms with Crippen molar-refractivity contribution in [2.75, 3.05) is 50.2 Å². The average Bonchev–Trinajstić information content (AvgIpc) is 3.68. The molecule has 4 aromatic rings. The van der Waals surface area contributed by atoms with Gasteiger partial charge in [0.2, 0.25) is 12.7 Å². The minimum Gasteiger partial charge on any atom is -0.494 e. The first-order chi connectivity index (χ1) is 22.5. The van der Waals surface area contributed by atoms with Gasteiger partial charge in [0, 0.05) is 59.9 Å². The van der Waals surface area contributed by atoms with Gasteiger partial charge < -0.3 is 19.3 Å². The Labute approximate surface area is 270 Å². The van der Waals surface area contributed by atoms with Crippen LogP contribution in [0.25, 0.3) is 0 Å². The Hall–Kier alpha value is -4.88. The van der Waals surface area contributed by atoms with Crippen molar-refractivity contribution >= 4 is 34.6 Å². The highest BCUT2D eigenvalue weighted by Gasteiger charge is 2.20. The largest absolute Gasteiger partial charge is 0.494 e. The maximum atomic E-state index is 5.73. The van der Waals surface area contributed by atoms with E-state index in [0.717, 1.165) is 76.6 Å². The summed E-state index contributed by atoms with van der Waals surface area (Å²) in [6.07, 6.45) is 5.57. The van der Waals surface area contributed by atoms with Crippen molar-refractivity contribution in [2.24, 2.45) is 20.5 Å². The Morgan fingerprint density at radius 3 is 1.39 bits per heavy atom. The van der Waals surface area contributed by atoms with Crippen LogP contribution < -0.4 is 28.4 Å². The van der Waals surface area contributed by atoms with Gasteiger partial charge in [0.1, 0.15) is 22.9 Å². The monoisotopic (exact) mass is 630 g/mol. The highest BCUT2D eigenvalue weighted by Crippen LogP contribution is 2.35. The molecule has 2 aromatic carbocycles. The van der Waals surface area contributed by atoms with E-state index in [4.69, 9.17) is 9.47 Å². The average molecular weight is 631 g/mol. The highest BCUT2D eigenvalue weighted by atomic mass is 16.5. The van der Waals surface area contributed by atoms with E-state index in [1.165, 1.54) is 0 Å². The summed E-state index contributed by atoms with van der Waals surface area (Å²) in [4.78, 5) is 4.84. The van der Waals surface area contributed by atoms with Gasteiger partial charge in [-0.3, -0.25) is 0 Å². The molecule has 244 valence electrons. The minimum absolute atomic E-state index is 0.688. The number of hydrogen-bond donors (Lipinski definition) is 0. The van der Waals surface area contributed by atoms with E-state index < -0.39 is 0 Å². The molecule has 0 saturated carbocycles. The number of ether oxygens (including phenoxy) is 2. The molecule has 46 heavy (non-hydrogen) atoms. The Morgan fingerprint density at radius 1 is 0.630 bits per heavy atom. The van der Waals surface area contributed by atoms with Crippen molar-refractivity contribution in [3.63, 3.8) is 0 Å². The second-order valence-corrected chi connectivity index (χ2v) is 10.9. The zero-order valence-electron chi connectivity index (χ0n) is 27.9. The summed E-state index contributed by atoms with van der Waals surface area (Å²) in [7, 11) is 3.35. The topological polar surface area (TPSA) is 118 Å². The van der Waals surface area contributed by atoms with Gasteiger partial charge in [-0.1, -0.05) is 10.2 Å². The number of aryl methyl sites for hydroxylation is 4. The molecule has 1 saturated heterocycles. The van der Waals surface area contributed by atoms with Gasteiger partial charge in [0.25, 0.3) is 0 Å². The third-order valence-electron chi connectivity index (χ3n) is 8.18. The molecule has 0 aliphatic carbocycles. The molecule has 0 bridgehead atoms. The summed E-state index contributed by atoms with van der Waals surface area (Å²) in [6.45, 7) is 14.9. The molecule has 0 N–H and O–H groups in total. The van der Waals surface area contributed by atoms with E-state index >= 15 is 0 Å². The molecule has 14 nitrogen and oxygen atoms in total. The van der Waals surface area contributed by atoms with Gasteiger partial charge in [-0.15, -0.1) is 9.36 Å². The summed E-state index contributed by atoms with van der Waals surface area (Å²) < 4.78 is 19.1. The van der Waals surface area contributed by atoms with Gasteiger partial charge in [-0.05, 0) is 75.0 Å². The van der Waals surface area contributed by atoms with Crippen LogP contribution in [0.15, 0.2) is 69.5 Å². The molecule has 0 amide bonds. The Bertz CT molecular complexity index is 1490. The van der Waals surface area contributed by atoms with Crippen molar-refractivity contribution in [3.8, 4) is 11.5 Å². The number of methoxy groups -OCH3 is 2. The van der Waals surface area contributed by atoms with E-state index in [-0.39, 0.29) is 0 Å². The van der Waals surface area contributed by atoms with Crippen molar-refractivity contribution < 1.29 is 18.6 Å². The smallest absolute Gasteiger partial charge is 0.403 e. The fourth-order valence-electron chi connectivity index (χ4n) is 5.60. The van der Waals surface area contributed by atoms with Crippen LogP contribution in [-0.2, 0) is 26.2 Å². The van der Waals surface area contributed by atoms with Crippen LogP contribution in [-0.4, -0.2) is 60.0 Å². The molecule has 1 aliphatic heterocycles. The molecule has 0 spiro atoms. The molecule has 1 aliphatic rings. The van der Waals surface area contributed by atoms with Gasteiger partial charge in [-0.25, -0.2) is 9.13 Å². The Balaban J connectivity index is 1.24. The first-order valence-corrected chi connectivity index (χ1v) is 16.1. The number of hydrogen-bond acceptors (Lipinski definition) is 10. The van der Waals surface area contributed by atoms with Crippen molar-refractivity contribution in [2.45, 2.75) is 66.7 Å². The Kier molecular flexibility index (Phi) is 10.9. The zero-order chi connectivity index (χ0) is 32.5. The van der Waals surface area contributed by atoms with Crippen LogP contribution in [0, 0.1) is 0 Å². The molecule has 0 atom stereocenters. The SMILES string of the molecule is CCn1nc[n+](CC)c1/N=N/c1ccc(N2CCCN(c3ccc(/N=N/c4n(CC)nc[n+]4CC)c(OC)c3)CCC2)cc1OC. The van der Waals surface area contributed by atoms with Gasteiger partial charge >= 0.3 is 11.9 Å². The second kappa shape index (κ2) is 15.4. The maximum absolute atomic E-state index is 5.73. The number of nitrogens with zero attached hydrogens (tertiary/aromatic N) is 12. The second-order valence-electron chi connectivity index (χ2n) is 10.9. The first kappa shape index (κ1) is 32.5. The van der Waals surface area contributed by atoms with Crippen LogP contribution in [0.4, 0.5) is 34.6 Å². The number of aromatic nitrogens is 6. The lowest BCUT2D eigenvalue weighted by Crippen LogP contribution is -2.36. The highest BCUT2D eigenvalue weighted by molar-refractivity contribution is 5.63. The molecule has 14 heteroatoms. The van der Waals surface area contributed by atoms with E-state index in [1.54, 1.807) is 26.9 Å². The number of azo groups is 2. The fraction of sp³-hybridized carbons (Fsp3) is 0.500. The van der Waals surface area contributed by atoms with Gasteiger partial charge in [0.15, 0.2) is 0 Å². The van der Waals surface area contributed by atoms with E-state index in [9.17, 15) is 0 Å². The van der Waals surface area contributed by atoms with E-state index in [1.807, 2.05) is 44.5 Å². The predicted octanol–water partition coefficient (Wildman–Crippen LogP) is 5.69. The van der Waals surface area contributed by atoms with Crippen LogP contribution in [0.3, 0.4) is 0 Å². The number of anilines is 2. The van der Waals surface area contributed by atoms with Crippen molar-refractivity contribution in [3.05, 3.63) is 49.1 Å². The molecule has 5 rings (SSSR count). The van der Waals surface area contributed by atoms with E-state index in [0.29, 0.717) is 34.8 Å². The van der Waals surface area contributed by atoms with Crippen LogP contribution in [0.1, 0.15) is 40.5 Å². The summed E-state index contributed by atoms with van der Waals surface area (Å²) in [5.74, 6) is 2.82. The standard InChI is InChI=1S/C32H46N12O2/c1-7-39-23-33-43(9-3)31(39)37-35-27-15-13-25(21-29(27)45-5)41-17-11-19-42(20-12-18-41)26-14-16-28(30(22-26)46-6)36-38-32-40(8-2)24-34-44(32)10-4/h13-16,21-24H,7-12,17-20H2,1-6H3/q+2. The molecule has 3 heterocycles. The zero-order valence-corrected chi connectivity index (χ0v) is 27.9. The van der Waals surface area contributed by atoms with Crippen LogP contribution in [0.5, 0.6) is 11.5 Å². The van der Waals surface area contributed by atoms with Crippen molar-refractivity contribution in [1.29, 1.82) is 0 Å². The lowest BCUT2D eigenvalue weighted by Gasteiger charge is -2.33. The van der Waals surface area contributed by atoms with Crippen LogP contribution >= 0.6 is 0 Å². The lowest BCUT2D eigenvalue weighted by atomic mass is 10.1. The molecule has 2 aromatic heterocycles. The van der Waals surface area contributed by atoms with E-state index in [2.05, 4.69) is 78.6 Å². The quantitative estimate of drug-likeness (QED) is 0.147. The Morgan fingerprint density at radius 2 is 1.04 bits per heavy atom. The summed E-state index contributed by atoms with van der Waals surface area (Å²) in [5, 5.41) is 26.8. The normalized spacial score (nSPS) is 14.3. The molecule has 1 fully saturated rings. The molecular weight excluding hydrogens is 584 g/mol. The van der Waals surface area contributed by atoms with Crippen molar-refractivity contribution in [1.82, 2.24) is 19.6 Å². The molecular formula is C32H46N12O2+2. The van der Waals surface area contributed by atoms with Crippen LogP contribution in [0.2, 0.25) is 0 Å². The first-order valence-electron chi connectivity index (χ1n) is 16.1. The number of benzene rings is 2. The number of rotatable bonds is 12. The van der Waals surface area contributed by atoms with Gasteiger partial charge in [0.05, 0.1) is 40.4 Å². The minimum atomic E-state index is 0.688. The predicted molar refractivity (Wildman–Crippen MR) is 176 cm³/mol. The third-order valence-corrected chi connectivity index (χ3v) is 8.18. The maximum Gasteiger partial charge on any atom is 0.403 e. The fourth-order valence-corrected chi connectivity index (χ4v) is 5.60. The van der Waals surface area contributed by atoms with Gasteiger partial charge in [-0.2, -0.15) is 0 Å². The molecule has 0 radical (unpaired) electrons. The third kappa shape index (κ3) is 7.16. The summed E-state index contributed by atoms with van der Waals surface area (Å²) in [6, 6.07) is 12.3. The summed E-state index contributed by atoms with van der Waals surface area (Å²) >= 11 is 0. The lowest BCUT2D eigenvalue weighted by molar-refractivity contribution is -0.681. The summed E-state index contributed by atoms with van der Waals surface area (Å²) in [5.41, 5.74) is 3.62. The molecule has 0 unspecified atom stereocenters.